The van der Waals surface area contributed by atoms with E-state index in [1.807, 2.05) is 0 Å². The van der Waals surface area contributed by atoms with Gasteiger partial charge in [0.15, 0.2) is 5.78 Å². The van der Waals surface area contributed by atoms with E-state index in [4.69, 9.17) is 4.74 Å². The number of aromatic nitrogens is 2. The van der Waals surface area contributed by atoms with Crippen LogP contribution in [-0.2, 0) is 24.8 Å². The van der Waals surface area contributed by atoms with Gasteiger partial charge >= 0.3 is 0 Å². The number of nitrogens with zero attached hydrogens (tertiary/aromatic N) is 2. The van der Waals surface area contributed by atoms with Crippen LogP contribution in [0.3, 0.4) is 0 Å². The van der Waals surface area contributed by atoms with Crippen LogP contribution < -0.4 is 0 Å². The fraction of sp³-hybridized carbons (Fsp3) is 0.556. The summed E-state index contributed by atoms with van der Waals surface area (Å²) in [5.41, 5.74) is 2.68. The Hall–Kier alpha value is -1.16. The third kappa shape index (κ3) is 1.27. The van der Waals surface area contributed by atoms with Crippen LogP contribution in [0.1, 0.15) is 28.7 Å². The quantitative estimate of drug-likeness (QED) is 0.597. The molecule has 0 aliphatic carbocycles. The van der Waals surface area contributed by atoms with Crippen LogP contribution in [0.4, 0.5) is 0 Å². The number of ether oxygens (including phenoxy) is 1. The summed E-state index contributed by atoms with van der Waals surface area (Å²) < 4.78 is 6.95. The fourth-order valence-corrected chi connectivity index (χ4v) is 1.76. The van der Waals surface area contributed by atoms with Gasteiger partial charge in [-0.1, -0.05) is 0 Å². The molecule has 0 atom stereocenters. The predicted octanol–water partition coefficient (Wildman–Crippen LogP) is 0.695. The highest BCUT2D eigenvalue weighted by molar-refractivity contribution is 5.94. The van der Waals surface area contributed by atoms with Crippen LogP contribution in [0, 0.1) is 0 Å². The lowest BCUT2D eigenvalue weighted by Gasteiger charge is -2.10. The zero-order chi connectivity index (χ0) is 9.42. The average Bonchev–Trinajstić information content (AvgIpc) is 2.39. The van der Waals surface area contributed by atoms with Crippen LogP contribution in [0.5, 0.6) is 0 Å². The third-order valence-corrected chi connectivity index (χ3v) is 2.29. The van der Waals surface area contributed by atoms with E-state index in [1.54, 1.807) is 18.7 Å². The van der Waals surface area contributed by atoms with E-state index in [9.17, 15) is 4.79 Å². The largest absolute Gasteiger partial charge is 0.376 e. The minimum atomic E-state index is 0.0572. The maximum absolute atomic E-state index is 11.3. The third-order valence-electron chi connectivity index (χ3n) is 2.29. The van der Waals surface area contributed by atoms with E-state index in [0.717, 1.165) is 17.7 Å². The van der Waals surface area contributed by atoms with E-state index in [-0.39, 0.29) is 5.78 Å². The van der Waals surface area contributed by atoms with Crippen molar-refractivity contribution in [3.8, 4) is 0 Å². The molecule has 0 spiro atoms. The molecule has 13 heavy (non-hydrogen) atoms. The molecule has 1 aliphatic rings. The van der Waals surface area contributed by atoms with Crippen molar-refractivity contribution in [2.24, 2.45) is 7.05 Å². The highest BCUT2D eigenvalue weighted by Gasteiger charge is 2.21. The van der Waals surface area contributed by atoms with Gasteiger partial charge < -0.3 is 4.74 Å². The number of fused-ring (bicyclic) bond motifs is 1. The van der Waals surface area contributed by atoms with Gasteiger partial charge in [0.1, 0.15) is 5.69 Å². The zero-order valence-electron chi connectivity index (χ0n) is 7.83. The first-order valence-electron chi connectivity index (χ1n) is 4.33. The molecule has 2 heterocycles. The lowest BCUT2D eigenvalue weighted by atomic mass is 10.1. The van der Waals surface area contributed by atoms with Gasteiger partial charge in [0.2, 0.25) is 0 Å². The SMILES string of the molecule is CC(=O)c1c2c(nn1C)CCOC2. The maximum Gasteiger partial charge on any atom is 0.178 e. The topological polar surface area (TPSA) is 44.1 Å². The Labute approximate surface area is 76.5 Å². The van der Waals surface area contributed by atoms with E-state index < -0.39 is 0 Å². The summed E-state index contributed by atoms with van der Waals surface area (Å²) in [6.07, 6.45) is 0.816. The van der Waals surface area contributed by atoms with E-state index >= 15 is 0 Å². The normalized spacial score (nSPS) is 15.5. The number of hydrogen-bond donors (Lipinski definition) is 0. The van der Waals surface area contributed by atoms with Crippen molar-refractivity contribution in [3.63, 3.8) is 0 Å². The number of carbonyl (C=O) groups excluding carboxylic acids is 1. The van der Waals surface area contributed by atoms with Gasteiger partial charge in [-0.3, -0.25) is 9.48 Å². The molecule has 1 aliphatic heterocycles. The molecule has 0 amide bonds. The van der Waals surface area contributed by atoms with Crippen LogP contribution >= 0.6 is 0 Å². The highest BCUT2D eigenvalue weighted by Crippen LogP contribution is 2.19. The number of Topliss-reactive ketones (excluding diaryl/α,β-unsaturated/α-hetero) is 1. The summed E-state index contributed by atoms with van der Waals surface area (Å²) >= 11 is 0. The molecular formula is C9H12N2O2. The molecule has 1 aromatic rings. The van der Waals surface area contributed by atoms with Crippen molar-refractivity contribution >= 4 is 5.78 Å². The molecule has 70 valence electrons. The van der Waals surface area contributed by atoms with Crippen molar-refractivity contribution in [1.82, 2.24) is 9.78 Å². The van der Waals surface area contributed by atoms with Gasteiger partial charge in [-0.2, -0.15) is 5.10 Å². The van der Waals surface area contributed by atoms with Gasteiger partial charge in [0.25, 0.3) is 0 Å². The molecule has 0 N–H and O–H groups in total. The second-order valence-corrected chi connectivity index (χ2v) is 3.26. The lowest BCUT2D eigenvalue weighted by molar-refractivity contribution is 0.0974. The number of hydrogen-bond acceptors (Lipinski definition) is 3. The summed E-state index contributed by atoms with van der Waals surface area (Å²) in [4.78, 5) is 11.3. The summed E-state index contributed by atoms with van der Waals surface area (Å²) in [5, 5.41) is 4.29. The van der Waals surface area contributed by atoms with Crippen molar-refractivity contribution in [2.75, 3.05) is 6.61 Å². The van der Waals surface area contributed by atoms with Crippen LogP contribution in [0.25, 0.3) is 0 Å². The molecule has 0 aromatic carbocycles. The minimum absolute atomic E-state index is 0.0572. The number of aryl methyl sites for hydroxylation is 1. The van der Waals surface area contributed by atoms with Gasteiger partial charge in [-0.05, 0) is 0 Å². The second kappa shape index (κ2) is 2.96. The zero-order valence-corrected chi connectivity index (χ0v) is 7.83. The number of ketones is 1. The summed E-state index contributed by atoms with van der Waals surface area (Å²) in [5.74, 6) is 0.0572. The number of rotatable bonds is 1. The van der Waals surface area contributed by atoms with E-state index in [2.05, 4.69) is 5.10 Å². The average molecular weight is 180 g/mol. The van der Waals surface area contributed by atoms with Crippen LogP contribution in [-0.4, -0.2) is 22.2 Å². The molecule has 0 saturated carbocycles. The van der Waals surface area contributed by atoms with Crippen molar-refractivity contribution < 1.29 is 9.53 Å². The van der Waals surface area contributed by atoms with E-state index in [0.29, 0.717) is 18.9 Å². The Kier molecular flexibility index (Phi) is 1.92. The van der Waals surface area contributed by atoms with Crippen molar-refractivity contribution in [1.29, 1.82) is 0 Å². The summed E-state index contributed by atoms with van der Waals surface area (Å²) in [6, 6.07) is 0. The van der Waals surface area contributed by atoms with Crippen LogP contribution in [0.2, 0.25) is 0 Å². The molecule has 4 heteroatoms. The molecular weight excluding hydrogens is 168 g/mol. The Balaban J connectivity index is 2.54. The molecule has 0 bridgehead atoms. The minimum Gasteiger partial charge on any atom is -0.376 e. The summed E-state index contributed by atoms with van der Waals surface area (Å²) in [6.45, 7) is 2.80. The first-order valence-corrected chi connectivity index (χ1v) is 4.33. The highest BCUT2D eigenvalue weighted by atomic mass is 16.5. The maximum atomic E-state index is 11.3. The van der Waals surface area contributed by atoms with Gasteiger partial charge in [0.05, 0.1) is 18.9 Å². The summed E-state index contributed by atoms with van der Waals surface area (Å²) in [7, 11) is 1.80. The second-order valence-electron chi connectivity index (χ2n) is 3.26. The molecule has 0 fully saturated rings. The van der Waals surface area contributed by atoms with Crippen LogP contribution in [0.15, 0.2) is 0 Å². The van der Waals surface area contributed by atoms with Crippen molar-refractivity contribution in [2.45, 2.75) is 20.0 Å². The standard InChI is InChI=1S/C9H12N2O2/c1-6(12)9-7-5-13-4-3-8(7)10-11(9)2/h3-5H2,1-2H3. The first-order chi connectivity index (χ1) is 6.20. The molecule has 0 saturated heterocycles. The molecule has 2 rings (SSSR count). The number of carbonyl (C=O) groups is 1. The smallest absolute Gasteiger partial charge is 0.178 e. The van der Waals surface area contributed by atoms with Gasteiger partial charge in [-0.15, -0.1) is 0 Å². The van der Waals surface area contributed by atoms with Gasteiger partial charge in [-0.25, -0.2) is 0 Å². The first kappa shape index (κ1) is 8.44. The Morgan fingerprint density at radius 1 is 1.62 bits per heavy atom. The molecule has 4 nitrogen and oxygen atoms in total. The van der Waals surface area contributed by atoms with Gasteiger partial charge in [0, 0.05) is 26.0 Å². The molecule has 0 unspecified atom stereocenters. The van der Waals surface area contributed by atoms with Crippen molar-refractivity contribution in [3.05, 3.63) is 17.0 Å². The lowest BCUT2D eigenvalue weighted by Crippen LogP contribution is -2.11. The Morgan fingerprint density at radius 2 is 2.38 bits per heavy atom. The predicted molar refractivity (Wildman–Crippen MR) is 46.6 cm³/mol. The molecule has 0 radical (unpaired) electrons. The van der Waals surface area contributed by atoms with E-state index in [1.165, 1.54) is 0 Å². The monoisotopic (exact) mass is 180 g/mol. The fourth-order valence-electron chi connectivity index (χ4n) is 1.76. The molecule has 1 aromatic heterocycles. The Bertz CT molecular complexity index is 355. The Morgan fingerprint density at radius 3 is 3.08 bits per heavy atom.